The van der Waals surface area contributed by atoms with Crippen LogP contribution in [0.4, 0.5) is 11.8 Å². The topological polar surface area (TPSA) is 95.8 Å². The van der Waals surface area contributed by atoms with Gasteiger partial charge in [0.15, 0.2) is 0 Å². The van der Waals surface area contributed by atoms with Crippen LogP contribution in [0.5, 0.6) is 0 Å². The number of rotatable bonds is 3. The monoisotopic (exact) mass is 287 g/mol. The van der Waals surface area contributed by atoms with Gasteiger partial charge in [-0.3, -0.25) is 5.10 Å². The lowest BCUT2D eigenvalue weighted by Crippen LogP contribution is -2.30. The maximum absolute atomic E-state index is 5.89. The van der Waals surface area contributed by atoms with Crippen molar-refractivity contribution in [2.45, 2.75) is 26.3 Å². The molecule has 0 amide bonds. The molecule has 21 heavy (non-hydrogen) atoms. The fourth-order valence-electron chi connectivity index (χ4n) is 2.68. The van der Waals surface area contributed by atoms with Crippen molar-refractivity contribution < 1.29 is 0 Å². The third-order valence-electron chi connectivity index (χ3n) is 4.16. The molecule has 2 aromatic heterocycles. The summed E-state index contributed by atoms with van der Waals surface area (Å²) in [6.07, 6.45) is 1.11. The van der Waals surface area contributed by atoms with Crippen molar-refractivity contribution in [3.63, 3.8) is 0 Å². The Morgan fingerprint density at radius 2 is 2.19 bits per heavy atom. The molecule has 1 aliphatic heterocycles. The Morgan fingerprint density at radius 3 is 2.81 bits per heavy atom. The number of hydrogen-bond donors (Lipinski definition) is 3. The van der Waals surface area contributed by atoms with Gasteiger partial charge in [-0.25, -0.2) is 4.98 Å². The second-order valence-corrected chi connectivity index (χ2v) is 5.50. The Bertz CT molecular complexity index is 649. The van der Waals surface area contributed by atoms with Crippen LogP contribution >= 0.6 is 0 Å². The largest absolute Gasteiger partial charge is 0.368 e. The molecule has 1 atom stereocenters. The molecular weight excluding hydrogens is 266 g/mol. The fraction of sp³-hybridized carbons (Fsp3) is 0.500. The zero-order valence-electron chi connectivity index (χ0n) is 12.6. The van der Waals surface area contributed by atoms with Crippen molar-refractivity contribution in [1.82, 2.24) is 25.5 Å². The number of hydrogen-bond acceptors (Lipinski definition) is 6. The number of aromatic nitrogens is 4. The van der Waals surface area contributed by atoms with Crippen LogP contribution in [-0.4, -0.2) is 46.3 Å². The highest BCUT2D eigenvalue weighted by atomic mass is 15.2. The van der Waals surface area contributed by atoms with Crippen LogP contribution < -0.4 is 16.0 Å². The number of nitrogens with two attached hydrogens (primary N) is 1. The molecule has 0 bridgehead atoms. The van der Waals surface area contributed by atoms with Gasteiger partial charge in [0, 0.05) is 25.2 Å². The first kappa shape index (κ1) is 13.8. The molecule has 1 fully saturated rings. The van der Waals surface area contributed by atoms with Gasteiger partial charge < -0.3 is 16.0 Å². The van der Waals surface area contributed by atoms with Crippen LogP contribution in [0.15, 0.2) is 6.07 Å². The lowest BCUT2D eigenvalue weighted by atomic mass is 10.1. The van der Waals surface area contributed by atoms with Crippen LogP contribution in [0, 0.1) is 13.8 Å². The minimum Gasteiger partial charge on any atom is -0.368 e. The number of anilines is 2. The average Bonchev–Trinajstić information content (AvgIpc) is 3.06. The van der Waals surface area contributed by atoms with E-state index in [4.69, 9.17) is 5.73 Å². The van der Waals surface area contributed by atoms with E-state index >= 15 is 0 Å². The predicted molar refractivity (Wildman–Crippen MR) is 83.2 cm³/mol. The number of aryl methyl sites for hydroxylation is 1. The van der Waals surface area contributed by atoms with Gasteiger partial charge >= 0.3 is 0 Å². The van der Waals surface area contributed by atoms with Crippen molar-refractivity contribution in [2.24, 2.45) is 0 Å². The van der Waals surface area contributed by atoms with E-state index in [1.807, 2.05) is 27.0 Å². The summed E-state index contributed by atoms with van der Waals surface area (Å²) in [5, 5.41) is 10.6. The number of aromatic amines is 1. The van der Waals surface area contributed by atoms with E-state index in [2.05, 4.69) is 30.4 Å². The lowest BCUT2D eigenvalue weighted by molar-refractivity contribution is 0.616. The molecule has 0 aromatic carbocycles. The zero-order valence-corrected chi connectivity index (χ0v) is 12.6. The first-order chi connectivity index (χ1) is 10.1. The number of H-pyrrole nitrogens is 1. The minimum atomic E-state index is 0.294. The van der Waals surface area contributed by atoms with Gasteiger partial charge in [0.05, 0.1) is 17.1 Å². The van der Waals surface area contributed by atoms with Gasteiger partial charge in [-0.05, 0) is 32.9 Å². The zero-order chi connectivity index (χ0) is 15.0. The Balaban J connectivity index is 1.95. The Morgan fingerprint density at radius 1 is 1.38 bits per heavy atom. The molecule has 3 rings (SSSR count). The molecule has 2 aromatic rings. The average molecular weight is 287 g/mol. The van der Waals surface area contributed by atoms with Crippen LogP contribution in [0.3, 0.4) is 0 Å². The van der Waals surface area contributed by atoms with E-state index in [1.165, 1.54) is 0 Å². The first-order valence-corrected chi connectivity index (χ1v) is 7.17. The second-order valence-electron chi connectivity index (χ2n) is 5.50. The SMILES string of the molecule is CN[C@@H]1CCN(c2cc(-c3[nH]nc(C)c3C)nc(N)n2)C1. The van der Waals surface area contributed by atoms with E-state index < -0.39 is 0 Å². The molecule has 0 saturated carbocycles. The van der Waals surface area contributed by atoms with Crippen molar-refractivity contribution in [3.05, 3.63) is 17.3 Å². The number of nitrogen functional groups attached to an aromatic ring is 1. The number of likely N-dealkylation sites (N-methyl/N-ethyl adjacent to an activating group) is 1. The molecule has 7 heteroatoms. The summed E-state index contributed by atoms with van der Waals surface area (Å²) in [7, 11) is 1.99. The van der Waals surface area contributed by atoms with E-state index in [0.29, 0.717) is 12.0 Å². The standard InChI is InChI=1S/C14H21N7/c1-8-9(2)19-20-13(8)11-6-12(18-14(15)17-11)21-5-4-10(7-21)16-3/h6,10,16H,4-5,7H2,1-3H3,(H,19,20)(H2,15,17,18)/t10-/m1/s1. The molecule has 4 N–H and O–H groups in total. The Kier molecular flexibility index (Phi) is 3.50. The molecule has 7 nitrogen and oxygen atoms in total. The maximum atomic E-state index is 5.89. The van der Waals surface area contributed by atoms with E-state index in [0.717, 1.165) is 48.0 Å². The summed E-state index contributed by atoms with van der Waals surface area (Å²) in [5.41, 5.74) is 9.66. The summed E-state index contributed by atoms with van der Waals surface area (Å²) in [6.45, 7) is 5.91. The van der Waals surface area contributed by atoms with E-state index in [9.17, 15) is 0 Å². The lowest BCUT2D eigenvalue weighted by Gasteiger charge is -2.18. The van der Waals surface area contributed by atoms with Gasteiger partial charge in [-0.15, -0.1) is 0 Å². The van der Waals surface area contributed by atoms with Crippen LogP contribution in [0.2, 0.25) is 0 Å². The molecule has 1 saturated heterocycles. The molecule has 0 spiro atoms. The van der Waals surface area contributed by atoms with E-state index in [-0.39, 0.29) is 0 Å². The third-order valence-corrected chi connectivity index (χ3v) is 4.16. The normalized spacial score (nSPS) is 18.4. The summed E-state index contributed by atoms with van der Waals surface area (Å²) in [6, 6.07) is 2.48. The van der Waals surface area contributed by atoms with Gasteiger partial charge in [0.25, 0.3) is 0 Å². The van der Waals surface area contributed by atoms with Gasteiger partial charge in [0.2, 0.25) is 5.95 Å². The smallest absolute Gasteiger partial charge is 0.222 e. The summed E-state index contributed by atoms with van der Waals surface area (Å²) in [4.78, 5) is 11.0. The highest BCUT2D eigenvalue weighted by Crippen LogP contribution is 2.26. The summed E-state index contributed by atoms with van der Waals surface area (Å²) >= 11 is 0. The minimum absolute atomic E-state index is 0.294. The summed E-state index contributed by atoms with van der Waals surface area (Å²) in [5.74, 6) is 1.17. The quantitative estimate of drug-likeness (QED) is 0.775. The first-order valence-electron chi connectivity index (χ1n) is 7.17. The van der Waals surface area contributed by atoms with Crippen molar-refractivity contribution in [2.75, 3.05) is 30.8 Å². The maximum Gasteiger partial charge on any atom is 0.222 e. The number of nitrogens with zero attached hydrogens (tertiary/aromatic N) is 4. The van der Waals surface area contributed by atoms with Gasteiger partial charge in [-0.1, -0.05) is 0 Å². The molecular formula is C14H21N7. The Labute approximate surface area is 124 Å². The summed E-state index contributed by atoms with van der Waals surface area (Å²) < 4.78 is 0. The molecule has 0 unspecified atom stereocenters. The second kappa shape index (κ2) is 5.33. The molecule has 112 valence electrons. The van der Waals surface area contributed by atoms with Gasteiger partial charge in [-0.2, -0.15) is 10.1 Å². The molecule has 1 aliphatic rings. The van der Waals surface area contributed by atoms with E-state index in [1.54, 1.807) is 0 Å². The molecule has 0 radical (unpaired) electrons. The highest BCUT2D eigenvalue weighted by Gasteiger charge is 2.23. The van der Waals surface area contributed by atoms with Crippen LogP contribution in [0.25, 0.3) is 11.4 Å². The molecule has 0 aliphatic carbocycles. The number of nitrogens with one attached hydrogen (secondary N) is 2. The Hall–Kier alpha value is -2.15. The van der Waals surface area contributed by atoms with Crippen molar-refractivity contribution in [3.8, 4) is 11.4 Å². The van der Waals surface area contributed by atoms with Crippen molar-refractivity contribution >= 4 is 11.8 Å². The van der Waals surface area contributed by atoms with Gasteiger partial charge in [0.1, 0.15) is 5.82 Å². The predicted octanol–water partition coefficient (Wildman–Crippen LogP) is 0.864. The third kappa shape index (κ3) is 2.56. The van der Waals surface area contributed by atoms with Crippen LogP contribution in [-0.2, 0) is 0 Å². The van der Waals surface area contributed by atoms with Crippen LogP contribution in [0.1, 0.15) is 17.7 Å². The highest BCUT2D eigenvalue weighted by molar-refractivity contribution is 5.64. The van der Waals surface area contributed by atoms with Crippen molar-refractivity contribution in [1.29, 1.82) is 0 Å². The molecule has 3 heterocycles. The fourth-order valence-corrected chi connectivity index (χ4v) is 2.68.